The van der Waals surface area contributed by atoms with Gasteiger partial charge in [-0.25, -0.2) is 0 Å². The molecule has 1 fully saturated rings. The normalized spacial score (nSPS) is 16.3. The van der Waals surface area contributed by atoms with Crippen LogP contribution in [0.4, 0.5) is 0 Å². The third-order valence-corrected chi connectivity index (χ3v) is 2.36. The number of carboxylic acid groups (broad SMARTS) is 1. The standard InChI is InChI=1S/C10H16N2O4/c1-6(10(15)16)9(14)11-5-4-8(13)12-7-2-3-7/h6-7H,2-5H2,1H3,(H,11,14)(H,12,13)(H,15,16). The summed E-state index contributed by atoms with van der Waals surface area (Å²) < 4.78 is 0. The van der Waals surface area contributed by atoms with E-state index in [9.17, 15) is 14.4 Å². The molecule has 6 heteroatoms. The Morgan fingerprint density at radius 1 is 1.38 bits per heavy atom. The number of amides is 2. The number of hydrogen-bond donors (Lipinski definition) is 3. The topological polar surface area (TPSA) is 95.5 Å². The lowest BCUT2D eigenvalue weighted by Crippen LogP contribution is -2.36. The minimum absolute atomic E-state index is 0.106. The molecule has 1 aliphatic carbocycles. The fraction of sp³-hybridized carbons (Fsp3) is 0.700. The van der Waals surface area contributed by atoms with E-state index in [0.717, 1.165) is 12.8 Å². The second-order valence-electron chi connectivity index (χ2n) is 3.94. The summed E-state index contributed by atoms with van der Waals surface area (Å²) in [5, 5.41) is 13.7. The maximum absolute atomic E-state index is 11.2. The van der Waals surface area contributed by atoms with Gasteiger partial charge in [0.15, 0.2) is 0 Å². The van der Waals surface area contributed by atoms with E-state index in [1.54, 1.807) is 0 Å². The second-order valence-corrected chi connectivity index (χ2v) is 3.94. The molecule has 1 rings (SSSR count). The molecule has 0 radical (unpaired) electrons. The lowest BCUT2D eigenvalue weighted by Gasteiger charge is -2.08. The fourth-order valence-corrected chi connectivity index (χ4v) is 1.09. The summed E-state index contributed by atoms with van der Waals surface area (Å²) >= 11 is 0. The summed E-state index contributed by atoms with van der Waals surface area (Å²) in [5.41, 5.74) is 0. The Bertz CT molecular complexity index is 299. The number of nitrogens with one attached hydrogen (secondary N) is 2. The van der Waals surface area contributed by atoms with Crippen LogP contribution in [0.25, 0.3) is 0 Å². The van der Waals surface area contributed by atoms with Gasteiger partial charge in [-0.1, -0.05) is 0 Å². The first-order valence-corrected chi connectivity index (χ1v) is 5.30. The first kappa shape index (κ1) is 12.5. The maximum atomic E-state index is 11.2. The van der Waals surface area contributed by atoms with E-state index in [2.05, 4.69) is 10.6 Å². The number of carboxylic acids is 1. The van der Waals surface area contributed by atoms with Crippen LogP contribution in [0.2, 0.25) is 0 Å². The summed E-state index contributed by atoms with van der Waals surface area (Å²) in [6, 6.07) is 0.307. The van der Waals surface area contributed by atoms with Gasteiger partial charge in [0.25, 0.3) is 0 Å². The molecule has 0 aromatic rings. The fourth-order valence-electron chi connectivity index (χ4n) is 1.09. The van der Waals surface area contributed by atoms with E-state index in [4.69, 9.17) is 5.11 Å². The molecule has 6 nitrogen and oxygen atoms in total. The first-order chi connectivity index (χ1) is 7.50. The van der Waals surface area contributed by atoms with Gasteiger partial charge in [-0.2, -0.15) is 0 Å². The molecule has 0 saturated heterocycles. The minimum atomic E-state index is -1.17. The molecule has 0 spiro atoms. The van der Waals surface area contributed by atoms with Crippen LogP contribution in [0.1, 0.15) is 26.2 Å². The Morgan fingerprint density at radius 2 is 2.00 bits per heavy atom. The first-order valence-electron chi connectivity index (χ1n) is 5.30. The van der Waals surface area contributed by atoms with Crippen molar-refractivity contribution in [1.82, 2.24) is 10.6 Å². The van der Waals surface area contributed by atoms with Crippen LogP contribution in [-0.4, -0.2) is 35.5 Å². The lowest BCUT2D eigenvalue weighted by atomic mass is 10.2. The van der Waals surface area contributed by atoms with Gasteiger partial charge >= 0.3 is 5.97 Å². The zero-order chi connectivity index (χ0) is 12.1. The number of aliphatic carboxylic acids is 1. The van der Waals surface area contributed by atoms with Crippen molar-refractivity contribution in [3.63, 3.8) is 0 Å². The van der Waals surface area contributed by atoms with Gasteiger partial charge < -0.3 is 15.7 Å². The van der Waals surface area contributed by atoms with Gasteiger partial charge in [-0.05, 0) is 19.8 Å². The number of carbonyl (C=O) groups is 3. The Hall–Kier alpha value is -1.59. The molecular formula is C10H16N2O4. The Labute approximate surface area is 93.4 Å². The zero-order valence-electron chi connectivity index (χ0n) is 9.16. The molecule has 1 atom stereocenters. The molecule has 0 aliphatic heterocycles. The molecule has 0 heterocycles. The van der Waals surface area contributed by atoms with E-state index in [1.807, 2.05) is 0 Å². The largest absolute Gasteiger partial charge is 0.481 e. The van der Waals surface area contributed by atoms with Crippen molar-refractivity contribution in [3.05, 3.63) is 0 Å². The molecule has 16 heavy (non-hydrogen) atoms. The average Bonchev–Trinajstić information content (AvgIpc) is 3.00. The SMILES string of the molecule is CC(C(=O)O)C(=O)NCCC(=O)NC1CC1. The van der Waals surface area contributed by atoms with Gasteiger partial charge in [-0.15, -0.1) is 0 Å². The van der Waals surface area contributed by atoms with E-state index in [-0.39, 0.29) is 18.9 Å². The van der Waals surface area contributed by atoms with Crippen LogP contribution in [0, 0.1) is 5.92 Å². The van der Waals surface area contributed by atoms with Crippen LogP contribution < -0.4 is 10.6 Å². The maximum Gasteiger partial charge on any atom is 0.315 e. The molecule has 1 aliphatic rings. The Kier molecular flexibility index (Phi) is 4.28. The molecule has 2 amide bonds. The van der Waals surface area contributed by atoms with Gasteiger partial charge in [-0.3, -0.25) is 14.4 Å². The quantitative estimate of drug-likeness (QED) is 0.534. The number of carbonyl (C=O) groups excluding carboxylic acids is 2. The van der Waals surface area contributed by atoms with Crippen LogP contribution >= 0.6 is 0 Å². The van der Waals surface area contributed by atoms with Crippen LogP contribution in [0.3, 0.4) is 0 Å². The van der Waals surface area contributed by atoms with Crippen molar-refractivity contribution >= 4 is 17.8 Å². The van der Waals surface area contributed by atoms with Gasteiger partial charge in [0.2, 0.25) is 11.8 Å². The molecule has 0 bridgehead atoms. The molecule has 0 aromatic heterocycles. The molecule has 90 valence electrons. The van der Waals surface area contributed by atoms with Gasteiger partial charge in [0.1, 0.15) is 5.92 Å². The number of rotatable bonds is 6. The Balaban J connectivity index is 2.11. The summed E-state index contributed by atoms with van der Waals surface area (Å²) in [7, 11) is 0. The molecule has 0 aromatic carbocycles. The van der Waals surface area contributed by atoms with Gasteiger partial charge in [0.05, 0.1) is 0 Å². The van der Waals surface area contributed by atoms with Crippen molar-refractivity contribution < 1.29 is 19.5 Å². The summed E-state index contributed by atoms with van der Waals surface area (Å²) in [6.07, 6.45) is 2.23. The molecule has 3 N–H and O–H groups in total. The molecule has 1 saturated carbocycles. The van der Waals surface area contributed by atoms with Crippen molar-refractivity contribution in [2.45, 2.75) is 32.2 Å². The predicted molar refractivity (Wildman–Crippen MR) is 55.6 cm³/mol. The van der Waals surface area contributed by atoms with Crippen LogP contribution in [0.5, 0.6) is 0 Å². The van der Waals surface area contributed by atoms with Gasteiger partial charge in [0, 0.05) is 19.0 Å². The second kappa shape index (κ2) is 5.48. The van der Waals surface area contributed by atoms with E-state index in [0.29, 0.717) is 6.04 Å². The zero-order valence-corrected chi connectivity index (χ0v) is 9.16. The van der Waals surface area contributed by atoms with Crippen LogP contribution in [-0.2, 0) is 14.4 Å². The number of hydrogen-bond acceptors (Lipinski definition) is 3. The van der Waals surface area contributed by atoms with E-state index in [1.165, 1.54) is 6.92 Å². The highest BCUT2D eigenvalue weighted by Crippen LogP contribution is 2.18. The molecular weight excluding hydrogens is 212 g/mol. The van der Waals surface area contributed by atoms with Crippen molar-refractivity contribution in [2.24, 2.45) is 5.92 Å². The monoisotopic (exact) mass is 228 g/mol. The highest BCUT2D eigenvalue weighted by Gasteiger charge is 2.23. The van der Waals surface area contributed by atoms with E-state index < -0.39 is 17.8 Å². The third-order valence-electron chi connectivity index (χ3n) is 2.36. The average molecular weight is 228 g/mol. The van der Waals surface area contributed by atoms with Crippen molar-refractivity contribution in [1.29, 1.82) is 0 Å². The van der Waals surface area contributed by atoms with Crippen LogP contribution in [0.15, 0.2) is 0 Å². The van der Waals surface area contributed by atoms with E-state index >= 15 is 0 Å². The smallest absolute Gasteiger partial charge is 0.315 e. The van der Waals surface area contributed by atoms with Crippen molar-refractivity contribution in [3.8, 4) is 0 Å². The highest BCUT2D eigenvalue weighted by molar-refractivity contribution is 5.96. The summed E-state index contributed by atoms with van der Waals surface area (Å²) in [4.78, 5) is 32.8. The summed E-state index contributed by atoms with van der Waals surface area (Å²) in [5.74, 6) is -2.91. The Morgan fingerprint density at radius 3 is 2.50 bits per heavy atom. The highest BCUT2D eigenvalue weighted by atomic mass is 16.4. The summed E-state index contributed by atoms with van der Waals surface area (Å²) in [6.45, 7) is 1.48. The van der Waals surface area contributed by atoms with Crippen molar-refractivity contribution in [2.75, 3.05) is 6.54 Å². The minimum Gasteiger partial charge on any atom is -0.481 e. The lowest BCUT2D eigenvalue weighted by molar-refractivity contribution is -0.146. The molecule has 1 unspecified atom stereocenters. The third kappa shape index (κ3) is 4.29. The predicted octanol–water partition coefficient (Wildman–Crippen LogP) is -0.508.